The van der Waals surface area contributed by atoms with E-state index in [9.17, 15) is 18.5 Å². The normalized spacial score (nSPS) is 11.5. The van der Waals surface area contributed by atoms with Crippen molar-refractivity contribution < 1.29 is 13.3 Å². The molecule has 0 amide bonds. The molecule has 1 heterocycles. The van der Waals surface area contributed by atoms with E-state index >= 15 is 0 Å². The van der Waals surface area contributed by atoms with Gasteiger partial charge in [-0.2, -0.15) is 0 Å². The summed E-state index contributed by atoms with van der Waals surface area (Å²) in [6.45, 7) is 1.58. The predicted molar refractivity (Wildman–Crippen MR) is 47.1 cm³/mol. The SMILES string of the molecule is Cc1cc(S(N)(=O)=O)c([N+](=O)[O-])s1. The smallest absolute Gasteiger partial charge is 0.258 e. The Morgan fingerprint density at radius 2 is 2.15 bits per heavy atom. The molecule has 0 bridgehead atoms. The number of sulfonamides is 1. The van der Waals surface area contributed by atoms with E-state index in [-0.39, 0.29) is 0 Å². The molecular formula is C5H6N2O4S2. The number of primary sulfonamides is 1. The zero-order valence-electron chi connectivity index (χ0n) is 6.55. The Bertz CT molecular complexity index is 447. The molecule has 0 spiro atoms. The molecule has 0 unspecified atom stereocenters. The van der Waals surface area contributed by atoms with Crippen LogP contribution in [0.5, 0.6) is 0 Å². The second-order valence-corrected chi connectivity index (χ2v) is 5.09. The van der Waals surface area contributed by atoms with E-state index in [1.54, 1.807) is 6.92 Å². The molecule has 0 saturated carbocycles. The summed E-state index contributed by atoms with van der Waals surface area (Å²) in [6.07, 6.45) is 0. The molecular weight excluding hydrogens is 216 g/mol. The Morgan fingerprint density at radius 1 is 1.62 bits per heavy atom. The van der Waals surface area contributed by atoms with Crippen molar-refractivity contribution in [2.24, 2.45) is 5.14 Å². The van der Waals surface area contributed by atoms with E-state index in [0.717, 1.165) is 11.3 Å². The molecule has 6 nitrogen and oxygen atoms in total. The van der Waals surface area contributed by atoms with Gasteiger partial charge >= 0.3 is 5.00 Å². The number of thiophene rings is 1. The zero-order valence-corrected chi connectivity index (χ0v) is 8.18. The van der Waals surface area contributed by atoms with E-state index in [0.29, 0.717) is 4.88 Å². The highest BCUT2D eigenvalue weighted by molar-refractivity contribution is 7.89. The van der Waals surface area contributed by atoms with Crippen LogP contribution in [0, 0.1) is 17.0 Å². The minimum absolute atomic E-state index is 0.417. The monoisotopic (exact) mass is 222 g/mol. The molecule has 0 aliphatic heterocycles. The molecule has 0 aliphatic carbocycles. The van der Waals surface area contributed by atoms with Crippen LogP contribution in [-0.2, 0) is 10.0 Å². The van der Waals surface area contributed by atoms with Gasteiger partial charge in [0.1, 0.15) is 0 Å². The molecule has 2 N–H and O–H groups in total. The van der Waals surface area contributed by atoms with Crippen molar-refractivity contribution in [3.63, 3.8) is 0 Å². The Kier molecular flexibility index (Phi) is 2.37. The van der Waals surface area contributed by atoms with Crippen LogP contribution >= 0.6 is 11.3 Å². The highest BCUT2D eigenvalue weighted by Crippen LogP contribution is 2.32. The fraction of sp³-hybridized carbons (Fsp3) is 0.200. The van der Waals surface area contributed by atoms with Gasteiger partial charge in [0.25, 0.3) is 0 Å². The topological polar surface area (TPSA) is 103 Å². The molecule has 0 radical (unpaired) electrons. The molecule has 1 aromatic heterocycles. The van der Waals surface area contributed by atoms with Crippen molar-refractivity contribution >= 4 is 26.4 Å². The van der Waals surface area contributed by atoms with Gasteiger partial charge in [-0.3, -0.25) is 10.1 Å². The van der Waals surface area contributed by atoms with E-state index in [2.05, 4.69) is 0 Å². The lowest BCUT2D eigenvalue weighted by Gasteiger charge is -1.91. The highest BCUT2D eigenvalue weighted by Gasteiger charge is 2.25. The van der Waals surface area contributed by atoms with Gasteiger partial charge in [-0.1, -0.05) is 11.3 Å². The van der Waals surface area contributed by atoms with Crippen molar-refractivity contribution in [1.82, 2.24) is 0 Å². The van der Waals surface area contributed by atoms with Crippen LogP contribution < -0.4 is 5.14 Å². The number of hydrogen-bond acceptors (Lipinski definition) is 5. The van der Waals surface area contributed by atoms with Crippen LogP contribution in [0.4, 0.5) is 5.00 Å². The summed E-state index contributed by atoms with van der Waals surface area (Å²) in [7, 11) is -3.99. The molecule has 0 saturated heterocycles. The van der Waals surface area contributed by atoms with E-state index < -0.39 is 24.8 Å². The zero-order chi connectivity index (χ0) is 10.2. The summed E-state index contributed by atoms with van der Waals surface area (Å²) in [6, 6.07) is 1.19. The van der Waals surface area contributed by atoms with Crippen molar-refractivity contribution in [1.29, 1.82) is 0 Å². The quantitative estimate of drug-likeness (QED) is 0.584. The third kappa shape index (κ3) is 2.02. The average molecular weight is 222 g/mol. The fourth-order valence-electron chi connectivity index (χ4n) is 0.810. The number of nitro groups is 1. The maximum Gasteiger partial charge on any atom is 0.344 e. The van der Waals surface area contributed by atoms with Crippen LogP contribution in [0.1, 0.15) is 4.88 Å². The molecule has 0 fully saturated rings. The number of aryl methyl sites for hydroxylation is 1. The summed E-state index contributed by atoms with van der Waals surface area (Å²) < 4.78 is 21.7. The van der Waals surface area contributed by atoms with Gasteiger partial charge in [-0.05, 0) is 13.0 Å². The van der Waals surface area contributed by atoms with Crippen molar-refractivity contribution in [3.05, 3.63) is 21.1 Å². The second kappa shape index (κ2) is 3.05. The lowest BCUT2D eigenvalue weighted by molar-refractivity contribution is -0.383. The summed E-state index contributed by atoms with van der Waals surface area (Å²) in [4.78, 5) is 9.75. The number of hydrogen-bond donors (Lipinski definition) is 1. The van der Waals surface area contributed by atoms with Crippen molar-refractivity contribution in [2.45, 2.75) is 11.8 Å². The Hall–Kier alpha value is -0.990. The molecule has 72 valence electrons. The Balaban J connectivity index is 3.46. The largest absolute Gasteiger partial charge is 0.344 e. The first kappa shape index (κ1) is 10.1. The minimum Gasteiger partial charge on any atom is -0.258 e. The first-order chi connectivity index (χ1) is 5.82. The van der Waals surface area contributed by atoms with Gasteiger partial charge in [-0.25, -0.2) is 13.6 Å². The van der Waals surface area contributed by atoms with Crippen molar-refractivity contribution in [3.8, 4) is 0 Å². The molecule has 1 rings (SSSR count). The fourth-order valence-corrected chi connectivity index (χ4v) is 2.73. The standard InChI is InChI=1S/C5H6N2O4S2/c1-3-2-4(13(6,10)11)5(12-3)7(8)9/h2H,1H3,(H2,6,10,11). The van der Waals surface area contributed by atoms with Gasteiger partial charge in [-0.15, -0.1) is 0 Å². The summed E-state index contributed by atoms with van der Waals surface area (Å²) >= 11 is 0.791. The molecule has 0 aromatic carbocycles. The van der Waals surface area contributed by atoms with Gasteiger partial charge in [0.15, 0.2) is 4.90 Å². The third-order valence-electron chi connectivity index (χ3n) is 1.28. The van der Waals surface area contributed by atoms with Gasteiger partial charge in [0.2, 0.25) is 10.0 Å². The lowest BCUT2D eigenvalue weighted by atomic mass is 10.5. The van der Waals surface area contributed by atoms with Gasteiger partial charge < -0.3 is 0 Å². The van der Waals surface area contributed by atoms with Gasteiger partial charge in [0.05, 0.1) is 4.92 Å². The number of nitrogens with two attached hydrogens (primary N) is 1. The highest BCUT2D eigenvalue weighted by atomic mass is 32.2. The third-order valence-corrected chi connectivity index (χ3v) is 3.33. The lowest BCUT2D eigenvalue weighted by Crippen LogP contribution is -2.12. The molecule has 8 heteroatoms. The van der Waals surface area contributed by atoms with Crippen LogP contribution in [0.15, 0.2) is 11.0 Å². The number of nitrogens with zero attached hydrogens (tertiary/aromatic N) is 1. The van der Waals surface area contributed by atoms with Gasteiger partial charge in [0, 0.05) is 4.88 Å². The predicted octanol–water partition coefficient (Wildman–Crippen LogP) is 0.612. The Morgan fingerprint density at radius 3 is 2.46 bits per heavy atom. The number of rotatable bonds is 2. The van der Waals surface area contributed by atoms with Crippen LogP contribution in [-0.4, -0.2) is 13.3 Å². The van der Waals surface area contributed by atoms with Crippen LogP contribution in [0.25, 0.3) is 0 Å². The summed E-state index contributed by atoms with van der Waals surface area (Å²) in [5.74, 6) is 0. The average Bonchev–Trinajstić information content (AvgIpc) is 2.29. The molecule has 0 aliphatic rings. The van der Waals surface area contributed by atoms with E-state index in [1.165, 1.54) is 6.07 Å². The van der Waals surface area contributed by atoms with E-state index in [4.69, 9.17) is 5.14 Å². The molecule has 13 heavy (non-hydrogen) atoms. The maximum atomic E-state index is 10.9. The first-order valence-electron chi connectivity index (χ1n) is 3.10. The van der Waals surface area contributed by atoms with Crippen LogP contribution in [0.2, 0.25) is 0 Å². The first-order valence-corrected chi connectivity index (χ1v) is 5.46. The van der Waals surface area contributed by atoms with Crippen LogP contribution in [0.3, 0.4) is 0 Å². The minimum atomic E-state index is -3.99. The Labute approximate surface area is 78.2 Å². The maximum absolute atomic E-state index is 10.9. The summed E-state index contributed by atoms with van der Waals surface area (Å²) in [5.41, 5.74) is 0. The second-order valence-electron chi connectivity index (χ2n) is 2.33. The van der Waals surface area contributed by atoms with Crippen molar-refractivity contribution in [2.75, 3.05) is 0 Å². The molecule has 1 aromatic rings. The van der Waals surface area contributed by atoms with E-state index in [1.807, 2.05) is 0 Å². The molecule has 0 atom stereocenters. The summed E-state index contributed by atoms with van der Waals surface area (Å²) in [5, 5.41) is 14.7.